The lowest BCUT2D eigenvalue weighted by Crippen LogP contribution is -2.21. The minimum atomic E-state index is 0.765. The molecule has 86 valence electrons. The average molecular weight is 200 g/mol. The molecule has 1 atom stereocenters. The van der Waals surface area contributed by atoms with Crippen molar-refractivity contribution in [1.29, 1.82) is 0 Å². The van der Waals surface area contributed by atoms with Crippen LogP contribution in [0.3, 0.4) is 0 Å². The first kappa shape index (κ1) is 13.9. The molecule has 0 bridgehead atoms. The Hall–Kier alpha value is -0.0800. The van der Waals surface area contributed by atoms with Crippen molar-refractivity contribution in [3.05, 3.63) is 0 Å². The summed E-state index contributed by atoms with van der Waals surface area (Å²) in [5.41, 5.74) is 5.56. The Labute approximate surface area is 89.6 Å². The molecule has 0 aromatic rings. The van der Waals surface area contributed by atoms with Crippen LogP contribution in [0.4, 0.5) is 0 Å². The normalized spacial score (nSPS) is 13.5. The van der Waals surface area contributed by atoms with Crippen LogP contribution in [0.2, 0.25) is 0 Å². The first-order chi connectivity index (χ1) is 6.70. The SMILES string of the molecule is CCC(CCN)CCCNCC(C)C. The van der Waals surface area contributed by atoms with Crippen molar-refractivity contribution in [1.82, 2.24) is 5.32 Å². The van der Waals surface area contributed by atoms with Crippen LogP contribution in [0.5, 0.6) is 0 Å². The maximum Gasteiger partial charge on any atom is -0.00258 e. The fourth-order valence-corrected chi connectivity index (χ4v) is 1.69. The Morgan fingerprint density at radius 2 is 1.93 bits per heavy atom. The number of hydrogen-bond donors (Lipinski definition) is 2. The molecule has 0 spiro atoms. The van der Waals surface area contributed by atoms with E-state index in [9.17, 15) is 0 Å². The molecule has 2 heteroatoms. The Morgan fingerprint density at radius 3 is 2.43 bits per heavy atom. The van der Waals surface area contributed by atoms with Gasteiger partial charge in [-0.3, -0.25) is 0 Å². The minimum Gasteiger partial charge on any atom is -0.330 e. The monoisotopic (exact) mass is 200 g/mol. The van der Waals surface area contributed by atoms with Crippen LogP contribution in [-0.4, -0.2) is 19.6 Å². The van der Waals surface area contributed by atoms with E-state index in [-0.39, 0.29) is 0 Å². The van der Waals surface area contributed by atoms with Crippen LogP contribution < -0.4 is 11.1 Å². The van der Waals surface area contributed by atoms with Crippen molar-refractivity contribution in [2.24, 2.45) is 17.6 Å². The molecule has 0 aromatic carbocycles. The first-order valence-corrected chi connectivity index (χ1v) is 6.11. The van der Waals surface area contributed by atoms with E-state index < -0.39 is 0 Å². The minimum absolute atomic E-state index is 0.765. The molecular formula is C12H28N2. The Balaban J connectivity index is 3.24. The largest absolute Gasteiger partial charge is 0.330 e. The van der Waals surface area contributed by atoms with Gasteiger partial charge in [0.1, 0.15) is 0 Å². The second-order valence-electron chi connectivity index (χ2n) is 4.59. The molecule has 0 heterocycles. The summed E-state index contributed by atoms with van der Waals surface area (Å²) < 4.78 is 0. The van der Waals surface area contributed by atoms with Crippen molar-refractivity contribution >= 4 is 0 Å². The summed E-state index contributed by atoms with van der Waals surface area (Å²) in [6.45, 7) is 9.92. The van der Waals surface area contributed by atoms with E-state index >= 15 is 0 Å². The Kier molecular flexibility index (Phi) is 9.42. The topological polar surface area (TPSA) is 38.0 Å². The average Bonchev–Trinajstić information content (AvgIpc) is 2.15. The Bertz CT molecular complexity index is 113. The number of rotatable bonds is 9. The molecule has 3 N–H and O–H groups in total. The van der Waals surface area contributed by atoms with Gasteiger partial charge in [-0.1, -0.05) is 27.2 Å². The maximum atomic E-state index is 5.56. The molecule has 0 aliphatic carbocycles. The molecule has 14 heavy (non-hydrogen) atoms. The lowest BCUT2D eigenvalue weighted by atomic mass is 9.97. The van der Waals surface area contributed by atoms with Gasteiger partial charge < -0.3 is 11.1 Å². The van der Waals surface area contributed by atoms with Gasteiger partial charge in [-0.2, -0.15) is 0 Å². The summed E-state index contributed by atoms with van der Waals surface area (Å²) in [7, 11) is 0. The van der Waals surface area contributed by atoms with Gasteiger partial charge in [0.25, 0.3) is 0 Å². The lowest BCUT2D eigenvalue weighted by molar-refractivity contribution is 0.418. The van der Waals surface area contributed by atoms with E-state index in [0.29, 0.717) is 0 Å². The molecule has 0 aliphatic heterocycles. The zero-order chi connectivity index (χ0) is 10.8. The maximum absolute atomic E-state index is 5.56. The van der Waals surface area contributed by atoms with Crippen LogP contribution in [0.15, 0.2) is 0 Å². The molecule has 0 amide bonds. The predicted molar refractivity (Wildman–Crippen MR) is 64.4 cm³/mol. The highest BCUT2D eigenvalue weighted by Gasteiger charge is 2.04. The summed E-state index contributed by atoms with van der Waals surface area (Å²) in [6, 6.07) is 0. The summed E-state index contributed by atoms with van der Waals surface area (Å²) in [5, 5.41) is 3.48. The molecule has 0 aliphatic rings. The van der Waals surface area contributed by atoms with Crippen LogP contribution in [0, 0.1) is 11.8 Å². The molecular weight excluding hydrogens is 172 g/mol. The number of nitrogens with two attached hydrogens (primary N) is 1. The first-order valence-electron chi connectivity index (χ1n) is 6.11. The second kappa shape index (κ2) is 9.47. The number of nitrogens with one attached hydrogen (secondary N) is 1. The third-order valence-corrected chi connectivity index (χ3v) is 2.67. The van der Waals surface area contributed by atoms with E-state index in [0.717, 1.165) is 24.9 Å². The molecule has 0 rings (SSSR count). The van der Waals surface area contributed by atoms with Crippen LogP contribution in [0.25, 0.3) is 0 Å². The van der Waals surface area contributed by atoms with Gasteiger partial charge in [0.05, 0.1) is 0 Å². The zero-order valence-electron chi connectivity index (χ0n) is 10.2. The third kappa shape index (κ3) is 8.52. The quantitative estimate of drug-likeness (QED) is 0.561. The lowest BCUT2D eigenvalue weighted by Gasteiger charge is -2.13. The van der Waals surface area contributed by atoms with Crippen molar-refractivity contribution in [2.75, 3.05) is 19.6 Å². The predicted octanol–water partition coefficient (Wildman–Crippen LogP) is 2.39. The van der Waals surface area contributed by atoms with Crippen LogP contribution >= 0.6 is 0 Å². The Morgan fingerprint density at radius 1 is 1.21 bits per heavy atom. The van der Waals surface area contributed by atoms with Crippen molar-refractivity contribution in [2.45, 2.75) is 46.5 Å². The van der Waals surface area contributed by atoms with E-state index in [1.54, 1.807) is 0 Å². The smallest absolute Gasteiger partial charge is 0.00258 e. The van der Waals surface area contributed by atoms with E-state index in [1.807, 2.05) is 0 Å². The zero-order valence-corrected chi connectivity index (χ0v) is 10.2. The summed E-state index contributed by atoms with van der Waals surface area (Å²) in [4.78, 5) is 0. The molecule has 0 saturated carbocycles. The fraction of sp³-hybridized carbons (Fsp3) is 1.00. The van der Waals surface area contributed by atoms with Gasteiger partial charge in [0.15, 0.2) is 0 Å². The van der Waals surface area contributed by atoms with Gasteiger partial charge in [-0.05, 0) is 50.7 Å². The van der Waals surface area contributed by atoms with E-state index in [1.165, 1.54) is 32.2 Å². The molecule has 1 unspecified atom stereocenters. The molecule has 0 fully saturated rings. The highest BCUT2D eigenvalue weighted by Crippen LogP contribution is 2.13. The molecule has 0 radical (unpaired) electrons. The standard InChI is InChI=1S/C12H28N2/c1-4-12(7-8-13)6-5-9-14-10-11(2)3/h11-12,14H,4-10,13H2,1-3H3. The van der Waals surface area contributed by atoms with Gasteiger partial charge >= 0.3 is 0 Å². The summed E-state index contributed by atoms with van der Waals surface area (Å²) in [5.74, 6) is 1.61. The van der Waals surface area contributed by atoms with Crippen LogP contribution in [-0.2, 0) is 0 Å². The van der Waals surface area contributed by atoms with Crippen LogP contribution in [0.1, 0.15) is 46.5 Å². The van der Waals surface area contributed by atoms with Crippen molar-refractivity contribution in [3.63, 3.8) is 0 Å². The van der Waals surface area contributed by atoms with E-state index in [2.05, 4.69) is 26.1 Å². The third-order valence-electron chi connectivity index (χ3n) is 2.67. The highest BCUT2D eigenvalue weighted by molar-refractivity contribution is 4.60. The summed E-state index contributed by atoms with van der Waals surface area (Å²) in [6.07, 6.45) is 5.10. The van der Waals surface area contributed by atoms with Gasteiger partial charge in [0.2, 0.25) is 0 Å². The van der Waals surface area contributed by atoms with E-state index in [4.69, 9.17) is 5.73 Å². The van der Waals surface area contributed by atoms with Gasteiger partial charge in [-0.25, -0.2) is 0 Å². The highest BCUT2D eigenvalue weighted by atomic mass is 14.8. The molecule has 2 nitrogen and oxygen atoms in total. The van der Waals surface area contributed by atoms with Gasteiger partial charge in [-0.15, -0.1) is 0 Å². The van der Waals surface area contributed by atoms with Crippen molar-refractivity contribution < 1.29 is 0 Å². The second-order valence-corrected chi connectivity index (χ2v) is 4.59. The fourth-order valence-electron chi connectivity index (χ4n) is 1.69. The molecule has 0 saturated heterocycles. The number of hydrogen-bond acceptors (Lipinski definition) is 2. The van der Waals surface area contributed by atoms with Crippen molar-refractivity contribution in [3.8, 4) is 0 Å². The van der Waals surface area contributed by atoms with Gasteiger partial charge in [0, 0.05) is 0 Å². The molecule has 0 aromatic heterocycles. The summed E-state index contributed by atoms with van der Waals surface area (Å²) >= 11 is 0.